The van der Waals surface area contributed by atoms with E-state index >= 15 is 0 Å². The van der Waals surface area contributed by atoms with Crippen molar-refractivity contribution in [3.8, 4) is 0 Å². The first-order valence-electron chi connectivity index (χ1n) is 7.51. The largest absolute Gasteiger partial charge is 0.393 e. The van der Waals surface area contributed by atoms with Crippen LogP contribution in [0.3, 0.4) is 0 Å². The summed E-state index contributed by atoms with van der Waals surface area (Å²) < 4.78 is 13.8. The van der Waals surface area contributed by atoms with Gasteiger partial charge in [-0.3, -0.25) is 0 Å². The van der Waals surface area contributed by atoms with Crippen LogP contribution in [0.1, 0.15) is 11.1 Å². The quantitative estimate of drug-likeness (QED) is 0.667. The second-order valence-corrected chi connectivity index (χ2v) is 5.51. The van der Waals surface area contributed by atoms with Gasteiger partial charge in [0.2, 0.25) is 0 Å². The number of nitrogens with two attached hydrogens (primary N) is 1. The van der Waals surface area contributed by atoms with Crippen LogP contribution in [-0.4, -0.2) is 9.97 Å². The molecule has 0 bridgehead atoms. The molecule has 0 aliphatic heterocycles. The Morgan fingerprint density at radius 3 is 2.33 bits per heavy atom. The van der Waals surface area contributed by atoms with Crippen molar-refractivity contribution in [2.24, 2.45) is 0 Å². The molecule has 4 N–H and O–H groups in total. The lowest BCUT2D eigenvalue weighted by Crippen LogP contribution is -2.06. The van der Waals surface area contributed by atoms with E-state index in [1.807, 2.05) is 25.1 Å². The maximum atomic E-state index is 13.8. The maximum Gasteiger partial charge on any atom is 0.159 e. The first kappa shape index (κ1) is 15.7. The predicted octanol–water partition coefficient (Wildman–Crippen LogP) is 4.30. The predicted molar refractivity (Wildman–Crippen MR) is 95.3 cm³/mol. The average molecular weight is 323 g/mol. The van der Waals surface area contributed by atoms with Crippen LogP contribution in [-0.2, 0) is 0 Å². The Balaban J connectivity index is 1.88. The molecule has 1 aromatic heterocycles. The van der Waals surface area contributed by atoms with Crippen molar-refractivity contribution in [1.29, 1.82) is 0 Å². The molecule has 0 atom stereocenters. The lowest BCUT2D eigenvalue weighted by molar-refractivity contribution is 0.632. The molecule has 6 heteroatoms. The molecule has 0 saturated heterocycles. The van der Waals surface area contributed by atoms with Crippen molar-refractivity contribution in [2.75, 3.05) is 16.4 Å². The summed E-state index contributed by atoms with van der Waals surface area (Å²) >= 11 is 0. The number of halogens is 1. The van der Waals surface area contributed by atoms with Crippen molar-refractivity contribution in [1.82, 2.24) is 9.97 Å². The summed E-state index contributed by atoms with van der Waals surface area (Å²) in [7, 11) is 0. The first-order chi connectivity index (χ1) is 11.5. The fraction of sp³-hybridized carbons (Fsp3) is 0.111. The molecular formula is C18H18FN5. The fourth-order valence-corrected chi connectivity index (χ4v) is 2.24. The Kier molecular flexibility index (Phi) is 4.29. The van der Waals surface area contributed by atoms with Crippen LogP contribution in [0, 0.1) is 19.7 Å². The number of nitrogens with zero attached hydrogens (tertiary/aromatic N) is 2. The minimum atomic E-state index is -0.376. The summed E-state index contributed by atoms with van der Waals surface area (Å²) in [5.74, 6) is 0.438. The number of para-hydroxylation sites is 1. The third-order valence-electron chi connectivity index (χ3n) is 3.78. The molecule has 3 rings (SSSR count). The van der Waals surface area contributed by atoms with E-state index in [9.17, 15) is 4.39 Å². The number of rotatable bonds is 4. The van der Waals surface area contributed by atoms with Crippen molar-refractivity contribution in [2.45, 2.75) is 13.8 Å². The number of benzene rings is 2. The Morgan fingerprint density at radius 1 is 0.917 bits per heavy atom. The third-order valence-corrected chi connectivity index (χ3v) is 3.78. The standard InChI is InChI=1S/C18H18FN5/c1-11-7-8-13(9-12(11)2)23-17-16(20)18(22-10-21-17)24-15-6-4-3-5-14(15)19/h3-10H,20H2,1-2H3,(H2,21,22,23,24). The van der Waals surface area contributed by atoms with E-state index in [2.05, 4.69) is 27.5 Å². The van der Waals surface area contributed by atoms with Gasteiger partial charge in [0.05, 0.1) is 5.69 Å². The smallest absolute Gasteiger partial charge is 0.159 e. The lowest BCUT2D eigenvalue weighted by atomic mass is 10.1. The van der Waals surface area contributed by atoms with Crippen LogP contribution >= 0.6 is 0 Å². The van der Waals surface area contributed by atoms with Crippen LogP contribution in [0.25, 0.3) is 0 Å². The SMILES string of the molecule is Cc1ccc(Nc2ncnc(Nc3ccccc3F)c2N)cc1C. The highest BCUT2D eigenvalue weighted by atomic mass is 19.1. The van der Waals surface area contributed by atoms with E-state index in [0.717, 1.165) is 11.3 Å². The molecule has 0 aliphatic rings. The number of hydrogen-bond donors (Lipinski definition) is 3. The van der Waals surface area contributed by atoms with Crippen LogP contribution in [0.5, 0.6) is 0 Å². The minimum Gasteiger partial charge on any atom is -0.393 e. The van der Waals surface area contributed by atoms with Gasteiger partial charge in [0.25, 0.3) is 0 Å². The Bertz CT molecular complexity index is 879. The highest BCUT2D eigenvalue weighted by Crippen LogP contribution is 2.29. The first-order valence-corrected chi connectivity index (χ1v) is 7.51. The van der Waals surface area contributed by atoms with Gasteiger partial charge >= 0.3 is 0 Å². The molecule has 0 amide bonds. The van der Waals surface area contributed by atoms with Gasteiger partial charge in [0.1, 0.15) is 17.8 Å². The molecule has 0 spiro atoms. The number of nitrogens with one attached hydrogen (secondary N) is 2. The monoisotopic (exact) mass is 323 g/mol. The number of anilines is 5. The molecule has 0 saturated carbocycles. The van der Waals surface area contributed by atoms with Crippen molar-refractivity contribution in [3.63, 3.8) is 0 Å². The molecule has 0 radical (unpaired) electrons. The van der Waals surface area contributed by atoms with E-state index < -0.39 is 0 Å². The van der Waals surface area contributed by atoms with Crippen LogP contribution < -0.4 is 16.4 Å². The molecule has 2 aromatic carbocycles. The minimum absolute atomic E-state index is 0.306. The second-order valence-electron chi connectivity index (χ2n) is 5.51. The van der Waals surface area contributed by atoms with Gasteiger partial charge in [-0.2, -0.15) is 0 Å². The van der Waals surface area contributed by atoms with E-state index in [0.29, 0.717) is 23.0 Å². The van der Waals surface area contributed by atoms with E-state index in [-0.39, 0.29) is 5.82 Å². The molecule has 0 fully saturated rings. The Hall–Kier alpha value is -3.15. The number of nitrogen functional groups attached to an aromatic ring is 1. The summed E-state index contributed by atoms with van der Waals surface area (Å²) in [5.41, 5.74) is 9.99. The lowest BCUT2D eigenvalue weighted by Gasteiger charge is -2.13. The number of hydrogen-bond acceptors (Lipinski definition) is 5. The van der Waals surface area contributed by atoms with Crippen molar-refractivity contribution in [3.05, 3.63) is 65.7 Å². The highest BCUT2D eigenvalue weighted by Gasteiger charge is 2.10. The third kappa shape index (κ3) is 3.27. The van der Waals surface area contributed by atoms with Crippen LogP contribution in [0.2, 0.25) is 0 Å². The highest BCUT2D eigenvalue weighted by molar-refractivity contribution is 5.80. The Labute approximate surface area is 139 Å². The number of aromatic nitrogens is 2. The molecule has 24 heavy (non-hydrogen) atoms. The molecular weight excluding hydrogens is 305 g/mol. The zero-order valence-corrected chi connectivity index (χ0v) is 13.5. The molecule has 0 unspecified atom stereocenters. The topological polar surface area (TPSA) is 75.9 Å². The van der Waals surface area contributed by atoms with Gasteiger partial charge in [0.15, 0.2) is 11.6 Å². The van der Waals surface area contributed by atoms with Gasteiger partial charge in [-0.05, 0) is 49.2 Å². The summed E-state index contributed by atoms with van der Waals surface area (Å²) in [5, 5.41) is 6.07. The number of aryl methyl sites for hydroxylation is 2. The molecule has 1 heterocycles. The zero-order valence-electron chi connectivity index (χ0n) is 13.5. The van der Waals surface area contributed by atoms with E-state index in [4.69, 9.17) is 5.73 Å². The van der Waals surface area contributed by atoms with Gasteiger partial charge in [-0.25, -0.2) is 14.4 Å². The van der Waals surface area contributed by atoms with Crippen LogP contribution in [0.4, 0.5) is 33.1 Å². The molecule has 5 nitrogen and oxygen atoms in total. The van der Waals surface area contributed by atoms with Crippen molar-refractivity contribution < 1.29 is 4.39 Å². The van der Waals surface area contributed by atoms with E-state index in [1.54, 1.807) is 18.2 Å². The summed E-state index contributed by atoms with van der Waals surface area (Å²) in [6, 6.07) is 12.3. The average Bonchev–Trinajstić information content (AvgIpc) is 2.57. The second kappa shape index (κ2) is 6.54. The normalized spacial score (nSPS) is 10.5. The molecule has 0 aliphatic carbocycles. The summed E-state index contributed by atoms with van der Waals surface area (Å²) in [6.45, 7) is 4.09. The van der Waals surface area contributed by atoms with Crippen LogP contribution in [0.15, 0.2) is 48.8 Å². The van der Waals surface area contributed by atoms with Gasteiger partial charge in [0, 0.05) is 5.69 Å². The van der Waals surface area contributed by atoms with E-state index in [1.165, 1.54) is 18.0 Å². The summed E-state index contributed by atoms with van der Waals surface area (Å²) in [4.78, 5) is 8.26. The fourth-order valence-electron chi connectivity index (χ4n) is 2.24. The van der Waals surface area contributed by atoms with Gasteiger partial charge in [-0.15, -0.1) is 0 Å². The van der Waals surface area contributed by atoms with Gasteiger partial charge in [-0.1, -0.05) is 18.2 Å². The maximum absolute atomic E-state index is 13.8. The zero-order chi connectivity index (χ0) is 17.1. The van der Waals surface area contributed by atoms with Crippen molar-refractivity contribution >= 4 is 28.7 Å². The molecule has 122 valence electrons. The van der Waals surface area contributed by atoms with Gasteiger partial charge < -0.3 is 16.4 Å². The Morgan fingerprint density at radius 2 is 1.62 bits per heavy atom. The summed E-state index contributed by atoms with van der Waals surface area (Å²) in [6.07, 6.45) is 1.38. The molecule has 3 aromatic rings.